The second-order valence-corrected chi connectivity index (χ2v) is 7.56. The normalized spacial score (nSPS) is 20.4. The molecule has 2 heterocycles. The monoisotopic (exact) mass is 431 g/mol. The van der Waals surface area contributed by atoms with Crippen LogP contribution in [0.3, 0.4) is 0 Å². The van der Waals surface area contributed by atoms with E-state index in [1.54, 1.807) is 30.3 Å². The van der Waals surface area contributed by atoms with Crippen molar-refractivity contribution in [3.63, 3.8) is 0 Å². The Labute approximate surface area is 176 Å². The van der Waals surface area contributed by atoms with Gasteiger partial charge in [0.25, 0.3) is 11.8 Å². The molecule has 10 heteroatoms. The number of benzene rings is 2. The summed E-state index contributed by atoms with van der Waals surface area (Å²) in [6.07, 6.45) is 0. The molecule has 4 rings (SSSR count). The molecule has 1 fully saturated rings. The molecule has 148 valence electrons. The zero-order chi connectivity index (χ0) is 20.7. The standard InChI is InChI=1S/C19H15Cl2N5O3/c1-10-5-6-14(13(21)7-10)22-15(27)9-25-17-16(23-24-25)18(28)26(19(17)29)12-4-2-3-11(20)8-12/h2-8,16-17H,9H2,1H3,(H,22,27)/t16-,17+/m1/s1. The molecule has 0 aromatic heterocycles. The lowest BCUT2D eigenvalue weighted by molar-refractivity contribution is -0.123. The fourth-order valence-corrected chi connectivity index (χ4v) is 3.75. The summed E-state index contributed by atoms with van der Waals surface area (Å²) in [5, 5.41) is 12.4. The average molecular weight is 432 g/mol. The predicted molar refractivity (Wildman–Crippen MR) is 108 cm³/mol. The Morgan fingerprint density at radius 3 is 2.66 bits per heavy atom. The van der Waals surface area contributed by atoms with Gasteiger partial charge in [0.05, 0.1) is 16.4 Å². The maximum Gasteiger partial charge on any atom is 0.263 e. The van der Waals surface area contributed by atoms with Crippen molar-refractivity contribution in [1.82, 2.24) is 5.01 Å². The Bertz CT molecular complexity index is 1060. The molecule has 3 amide bonds. The highest BCUT2D eigenvalue weighted by Gasteiger charge is 2.55. The van der Waals surface area contributed by atoms with Gasteiger partial charge in [-0.3, -0.25) is 19.4 Å². The molecule has 0 saturated carbocycles. The third kappa shape index (κ3) is 3.56. The smallest absolute Gasteiger partial charge is 0.263 e. The summed E-state index contributed by atoms with van der Waals surface area (Å²) >= 11 is 12.1. The van der Waals surface area contributed by atoms with Gasteiger partial charge in [0.1, 0.15) is 6.54 Å². The number of nitrogens with one attached hydrogen (secondary N) is 1. The summed E-state index contributed by atoms with van der Waals surface area (Å²) in [4.78, 5) is 39.0. The minimum absolute atomic E-state index is 0.253. The SMILES string of the molecule is Cc1ccc(NC(=O)CN2N=N[C@H]3C(=O)N(c4cccc(Cl)c4)C(=O)[C@H]32)c(Cl)c1. The van der Waals surface area contributed by atoms with E-state index in [0.717, 1.165) is 10.5 Å². The van der Waals surface area contributed by atoms with Crippen molar-refractivity contribution >= 4 is 52.3 Å². The number of hydrogen-bond acceptors (Lipinski definition) is 6. The van der Waals surface area contributed by atoms with E-state index in [4.69, 9.17) is 23.2 Å². The van der Waals surface area contributed by atoms with Crippen LogP contribution in [0, 0.1) is 6.92 Å². The highest BCUT2D eigenvalue weighted by atomic mass is 35.5. The molecule has 0 spiro atoms. The van der Waals surface area contributed by atoms with Crippen molar-refractivity contribution < 1.29 is 14.4 Å². The topological polar surface area (TPSA) is 94.4 Å². The first-order valence-corrected chi connectivity index (χ1v) is 9.47. The van der Waals surface area contributed by atoms with Gasteiger partial charge >= 0.3 is 0 Å². The van der Waals surface area contributed by atoms with E-state index in [1.807, 2.05) is 13.0 Å². The minimum atomic E-state index is -0.989. The number of fused-ring (bicyclic) bond motifs is 1. The van der Waals surface area contributed by atoms with Crippen molar-refractivity contribution in [1.29, 1.82) is 0 Å². The average Bonchev–Trinajstić information content (AvgIpc) is 3.17. The second-order valence-electron chi connectivity index (χ2n) is 6.72. The van der Waals surface area contributed by atoms with E-state index in [-0.39, 0.29) is 6.54 Å². The largest absolute Gasteiger partial charge is 0.323 e. The van der Waals surface area contributed by atoms with Gasteiger partial charge in [-0.1, -0.05) is 40.6 Å². The number of carbonyl (C=O) groups excluding carboxylic acids is 3. The fourth-order valence-electron chi connectivity index (χ4n) is 3.28. The molecule has 2 aromatic rings. The Morgan fingerprint density at radius 2 is 1.93 bits per heavy atom. The summed E-state index contributed by atoms with van der Waals surface area (Å²) in [6.45, 7) is 1.63. The lowest BCUT2D eigenvalue weighted by Gasteiger charge is -2.20. The van der Waals surface area contributed by atoms with Gasteiger partial charge in [-0.2, -0.15) is 5.11 Å². The first kappa shape index (κ1) is 19.4. The van der Waals surface area contributed by atoms with Crippen molar-refractivity contribution in [2.45, 2.75) is 19.0 Å². The second kappa shape index (κ2) is 7.46. The van der Waals surface area contributed by atoms with E-state index in [9.17, 15) is 14.4 Å². The third-order valence-electron chi connectivity index (χ3n) is 4.63. The number of rotatable bonds is 4. The molecule has 2 aliphatic heterocycles. The summed E-state index contributed by atoms with van der Waals surface area (Å²) in [5.41, 5.74) is 1.76. The van der Waals surface area contributed by atoms with Crippen LogP contribution >= 0.6 is 23.2 Å². The van der Waals surface area contributed by atoms with Gasteiger partial charge in [-0.25, -0.2) is 4.90 Å². The predicted octanol–water partition coefficient (Wildman–Crippen LogP) is 3.23. The summed E-state index contributed by atoms with van der Waals surface area (Å²) in [6, 6.07) is 9.68. The number of amides is 3. The van der Waals surface area contributed by atoms with Gasteiger partial charge < -0.3 is 5.32 Å². The fraction of sp³-hybridized carbons (Fsp3) is 0.211. The Kier molecular flexibility index (Phi) is 4.97. The molecule has 1 N–H and O–H groups in total. The summed E-state index contributed by atoms with van der Waals surface area (Å²) < 4.78 is 0. The number of nitrogens with zero attached hydrogens (tertiary/aromatic N) is 4. The number of anilines is 2. The van der Waals surface area contributed by atoms with Crippen molar-refractivity contribution in [2.24, 2.45) is 10.3 Å². The maximum absolute atomic E-state index is 12.9. The molecule has 2 aromatic carbocycles. The summed E-state index contributed by atoms with van der Waals surface area (Å²) in [5.74, 6) is -1.44. The highest BCUT2D eigenvalue weighted by Crippen LogP contribution is 2.32. The zero-order valence-corrected chi connectivity index (χ0v) is 16.7. The van der Waals surface area contributed by atoms with Crippen LogP contribution in [0.1, 0.15) is 5.56 Å². The molecule has 2 aliphatic rings. The minimum Gasteiger partial charge on any atom is -0.323 e. The molecule has 0 unspecified atom stereocenters. The van der Waals surface area contributed by atoms with Crippen LogP contribution in [0.4, 0.5) is 11.4 Å². The van der Waals surface area contributed by atoms with Crippen LogP contribution in [0.2, 0.25) is 10.0 Å². The number of carbonyl (C=O) groups is 3. The van der Waals surface area contributed by atoms with Gasteiger partial charge in [0.2, 0.25) is 5.91 Å². The molecular weight excluding hydrogens is 417 g/mol. The van der Waals surface area contributed by atoms with Crippen LogP contribution < -0.4 is 10.2 Å². The molecular formula is C19H15Cl2N5O3. The molecule has 0 radical (unpaired) electrons. The first-order chi connectivity index (χ1) is 13.8. The molecule has 0 aliphatic carbocycles. The molecule has 0 bridgehead atoms. The first-order valence-electron chi connectivity index (χ1n) is 8.72. The van der Waals surface area contributed by atoms with Gasteiger partial charge in [-0.15, -0.1) is 0 Å². The lowest BCUT2D eigenvalue weighted by Crippen LogP contribution is -2.43. The van der Waals surface area contributed by atoms with Crippen LogP contribution in [0.5, 0.6) is 0 Å². The van der Waals surface area contributed by atoms with Crippen molar-refractivity contribution in [2.75, 3.05) is 16.8 Å². The number of hydrogen-bond donors (Lipinski definition) is 1. The van der Waals surface area contributed by atoms with Crippen LogP contribution in [0.15, 0.2) is 52.8 Å². The summed E-state index contributed by atoms with van der Waals surface area (Å²) in [7, 11) is 0. The quantitative estimate of drug-likeness (QED) is 0.751. The Morgan fingerprint density at radius 1 is 1.14 bits per heavy atom. The van der Waals surface area contributed by atoms with E-state index in [0.29, 0.717) is 21.4 Å². The molecule has 8 nitrogen and oxygen atoms in total. The molecule has 29 heavy (non-hydrogen) atoms. The Balaban J connectivity index is 1.49. The van der Waals surface area contributed by atoms with Crippen LogP contribution in [0.25, 0.3) is 0 Å². The van der Waals surface area contributed by atoms with Crippen molar-refractivity contribution in [3.05, 3.63) is 58.1 Å². The van der Waals surface area contributed by atoms with E-state index >= 15 is 0 Å². The van der Waals surface area contributed by atoms with E-state index < -0.39 is 29.8 Å². The van der Waals surface area contributed by atoms with E-state index in [2.05, 4.69) is 15.7 Å². The third-order valence-corrected chi connectivity index (χ3v) is 5.18. The number of aryl methyl sites for hydroxylation is 1. The van der Waals surface area contributed by atoms with Crippen molar-refractivity contribution in [3.8, 4) is 0 Å². The lowest BCUT2D eigenvalue weighted by atomic mass is 10.1. The molecule has 2 atom stereocenters. The van der Waals surface area contributed by atoms with Crippen LogP contribution in [-0.2, 0) is 14.4 Å². The number of halogens is 2. The Hall–Kier alpha value is -2.97. The highest BCUT2D eigenvalue weighted by molar-refractivity contribution is 6.34. The van der Waals surface area contributed by atoms with Gasteiger partial charge in [0.15, 0.2) is 12.1 Å². The van der Waals surface area contributed by atoms with Crippen LogP contribution in [-0.4, -0.2) is 41.4 Å². The number of imide groups is 1. The van der Waals surface area contributed by atoms with Gasteiger partial charge in [0, 0.05) is 5.02 Å². The zero-order valence-electron chi connectivity index (χ0n) is 15.2. The van der Waals surface area contributed by atoms with Gasteiger partial charge in [-0.05, 0) is 42.8 Å². The maximum atomic E-state index is 12.9. The van der Waals surface area contributed by atoms with E-state index in [1.165, 1.54) is 11.1 Å². The molecule has 1 saturated heterocycles.